The van der Waals surface area contributed by atoms with Crippen LogP contribution in [0.3, 0.4) is 0 Å². The van der Waals surface area contributed by atoms with Crippen molar-refractivity contribution in [3.05, 3.63) is 65.7 Å². The Bertz CT molecular complexity index is 832. The van der Waals surface area contributed by atoms with E-state index in [4.69, 9.17) is 0 Å². The second kappa shape index (κ2) is 8.62. The molecule has 2 unspecified atom stereocenters. The Kier molecular flexibility index (Phi) is 6.01. The van der Waals surface area contributed by atoms with Crippen LogP contribution in [0.1, 0.15) is 35.7 Å². The maximum atomic E-state index is 12.3. The summed E-state index contributed by atoms with van der Waals surface area (Å²) in [5.41, 5.74) is 2.39. The van der Waals surface area contributed by atoms with Gasteiger partial charge in [-0.2, -0.15) is 0 Å². The van der Waals surface area contributed by atoms with Crippen molar-refractivity contribution in [1.82, 2.24) is 5.32 Å². The lowest BCUT2D eigenvalue weighted by atomic mass is 10.1. The fourth-order valence-corrected chi connectivity index (χ4v) is 3.11. The van der Waals surface area contributed by atoms with Gasteiger partial charge in [0.2, 0.25) is 11.8 Å². The van der Waals surface area contributed by atoms with E-state index < -0.39 is 0 Å². The molecule has 3 rings (SSSR count). The zero-order chi connectivity index (χ0) is 19.2. The van der Waals surface area contributed by atoms with Crippen LogP contribution in [0.25, 0.3) is 0 Å². The first-order valence-electron chi connectivity index (χ1n) is 9.28. The standard InChI is InChI=1S/C22H24N2O3/c1-15(25)17-10-5-11-18(13-17)24-22(27)20-14-19(20)21(26)23-12-6-9-16-7-3-2-4-8-16/h2-5,7-8,10-11,13,19-20H,6,9,12,14H2,1H3,(H,23,26)(H,24,27). The van der Waals surface area contributed by atoms with E-state index in [2.05, 4.69) is 22.8 Å². The van der Waals surface area contributed by atoms with Crippen LogP contribution in [0.5, 0.6) is 0 Å². The Hall–Kier alpha value is -2.95. The molecule has 0 aromatic heterocycles. The summed E-state index contributed by atoms with van der Waals surface area (Å²) >= 11 is 0. The van der Waals surface area contributed by atoms with Gasteiger partial charge in [-0.15, -0.1) is 0 Å². The Labute approximate surface area is 159 Å². The lowest BCUT2D eigenvalue weighted by molar-refractivity contribution is -0.125. The number of carbonyl (C=O) groups excluding carboxylic acids is 3. The fraction of sp³-hybridized carbons (Fsp3) is 0.318. The van der Waals surface area contributed by atoms with Gasteiger partial charge >= 0.3 is 0 Å². The number of amides is 2. The summed E-state index contributed by atoms with van der Waals surface area (Å²) in [5, 5.41) is 5.73. The van der Waals surface area contributed by atoms with Gasteiger partial charge in [0.05, 0.1) is 11.8 Å². The lowest BCUT2D eigenvalue weighted by Gasteiger charge is -2.07. The number of hydrogen-bond donors (Lipinski definition) is 2. The van der Waals surface area contributed by atoms with Crippen molar-refractivity contribution in [1.29, 1.82) is 0 Å². The molecule has 0 heterocycles. The number of benzene rings is 2. The van der Waals surface area contributed by atoms with Crippen molar-refractivity contribution in [2.75, 3.05) is 11.9 Å². The smallest absolute Gasteiger partial charge is 0.228 e. The monoisotopic (exact) mass is 364 g/mol. The number of nitrogens with one attached hydrogen (secondary N) is 2. The maximum Gasteiger partial charge on any atom is 0.228 e. The van der Waals surface area contributed by atoms with Gasteiger partial charge in [0.1, 0.15) is 0 Å². The van der Waals surface area contributed by atoms with Gasteiger partial charge in [0.15, 0.2) is 5.78 Å². The van der Waals surface area contributed by atoms with Gasteiger partial charge in [-0.1, -0.05) is 42.5 Å². The zero-order valence-electron chi connectivity index (χ0n) is 15.4. The Morgan fingerprint density at radius 3 is 2.44 bits per heavy atom. The van der Waals surface area contributed by atoms with Gasteiger partial charge in [-0.3, -0.25) is 14.4 Å². The molecule has 0 spiro atoms. The molecule has 0 radical (unpaired) electrons. The molecule has 1 saturated carbocycles. The van der Waals surface area contributed by atoms with Crippen LogP contribution in [0, 0.1) is 11.8 Å². The summed E-state index contributed by atoms with van der Waals surface area (Å²) in [6.07, 6.45) is 2.36. The first-order chi connectivity index (χ1) is 13.0. The normalized spacial score (nSPS) is 17.8. The van der Waals surface area contributed by atoms with Crippen LogP contribution in [-0.2, 0) is 16.0 Å². The van der Waals surface area contributed by atoms with Gasteiger partial charge in [-0.05, 0) is 43.9 Å². The number of carbonyl (C=O) groups is 3. The molecule has 5 heteroatoms. The first-order valence-corrected chi connectivity index (χ1v) is 9.28. The molecule has 0 saturated heterocycles. The van der Waals surface area contributed by atoms with E-state index in [9.17, 15) is 14.4 Å². The zero-order valence-corrected chi connectivity index (χ0v) is 15.4. The number of hydrogen-bond acceptors (Lipinski definition) is 3. The third-order valence-corrected chi connectivity index (χ3v) is 4.78. The summed E-state index contributed by atoms with van der Waals surface area (Å²) in [5.74, 6) is -0.816. The van der Waals surface area contributed by atoms with E-state index in [-0.39, 0.29) is 29.4 Å². The first kappa shape index (κ1) is 18.8. The SMILES string of the molecule is CC(=O)c1cccc(NC(=O)C2CC2C(=O)NCCCc2ccccc2)c1. The van der Waals surface area contributed by atoms with Crippen LogP contribution >= 0.6 is 0 Å². The highest BCUT2D eigenvalue weighted by atomic mass is 16.2. The highest BCUT2D eigenvalue weighted by molar-refractivity contribution is 6.01. The number of anilines is 1. The van der Waals surface area contributed by atoms with E-state index in [1.165, 1.54) is 12.5 Å². The topological polar surface area (TPSA) is 75.3 Å². The van der Waals surface area contributed by atoms with Crippen molar-refractivity contribution in [2.24, 2.45) is 11.8 Å². The summed E-state index contributed by atoms with van der Waals surface area (Å²) < 4.78 is 0. The Morgan fingerprint density at radius 2 is 1.70 bits per heavy atom. The quantitative estimate of drug-likeness (QED) is 0.558. The van der Waals surface area contributed by atoms with Crippen molar-refractivity contribution < 1.29 is 14.4 Å². The molecule has 1 aliphatic carbocycles. The molecule has 0 bridgehead atoms. The molecule has 5 nitrogen and oxygen atoms in total. The van der Waals surface area contributed by atoms with E-state index >= 15 is 0 Å². The second-order valence-electron chi connectivity index (χ2n) is 6.96. The molecule has 2 N–H and O–H groups in total. The van der Waals surface area contributed by atoms with Crippen LogP contribution in [-0.4, -0.2) is 24.1 Å². The van der Waals surface area contributed by atoms with E-state index in [0.29, 0.717) is 24.2 Å². The third-order valence-electron chi connectivity index (χ3n) is 4.78. The predicted molar refractivity (Wildman–Crippen MR) is 104 cm³/mol. The molecule has 0 aliphatic heterocycles. The predicted octanol–water partition coefficient (Wildman–Crippen LogP) is 3.21. The summed E-state index contributed by atoms with van der Waals surface area (Å²) in [4.78, 5) is 35.9. The van der Waals surface area contributed by atoms with Crippen molar-refractivity contribution >= 4 is 23.3 Å². The minimum absolute atomic E-state index is 0.0507. The molecule has 1 aliphatic rings. The molecule has 2 atom stereocenters. The molecule has 27 heavy (non-hydrogen) atoms. The average Bonchev–Trinajstić information content (AvgIpc) is 3.47. The number of Topliss-reactive ketones (excluding diaryl/α,β-unsaturated/α-hetero) is 1. The molecular weight excluding hydrogens is 340 g/mol. The van der Waals surface area contributed by atoms with E-state index in [0.717, 1.165) is 12.8 Å². The van der Waals surface area contributed by atoms with E-state index in [1.807, 2.05) is 18.2 Å². The van der Waals surface area contributed by atoms with Crippen LogP contribution in [0.15, 0.2) is 54.6 Å². The van der Waals surface area contributed by atoms with Crippen LogP contribution in [0.2, 0.25) is 0 Å². The minimum Gasteiger partial charge on any atom is -0.356 e. The molecule has 1 fully saturated rings. The Balaban J connectivity index is 1.40. The second-order valence-corrected chi connectivity index (χ2v) is 6.96. The number of rotatable bonds is 8. The van der Waals surface area contributed by atoms with Crippen LogP contribution in [0.4, 0.5) is 5.69 Å². The van der Waals surface area contributed by atoms with Gasteiger partial charge in [-0.25, -0.2) is 0 Å². The molecule has 2 aromatic rings. The van der Waals surface area contributed by atoms with Gasteiger partial charge in [0, 0.05) is 17.8 Å². The largest absolute Gasteiger partial charge is 0.356 e. The lowest BCUT2D eigenvalue weighted by Crippen LogP contribution is -2.28. The third kappa shape index (κ3) is 5.26. The van der Waals surface area contributed by atoms with Gasteiger partial charge in [0.25, 0.3) is 0 Å². The van der Waals surface area contributed by atoms with Crippen molar-refractivity contribution in [3.63, 3.8) is 0 Å². The van der Waals surface area contributed by atoms with Crippen molar-refractivity contribution in [3.8, 4) is 0 Å². The van der Waals surface area contributed by atoms with E-state index in [1.54, 1.807) is 24.3 Å². The maximum absolute atomic E-state index is 12.3. The van der Waals surface area contributed by atoms with Crippen molar-refractivity contribution in [2.45, 2.75) is 26.2 Å². The molecular formula is C22H24N2O3. The fourth-order valence-electron chi connectivity index (χ4n) is 3.11. The molecule has 2 aromatic carbocycles. The number of ketones is 1. The minimum atomic E-state index is -0.292. The highest BCUT2D eigenvalue weighted by Gasteiger charge is 2.47. The summed E-state index contributed by atoms with van der Waals surface area (Å²) in [6, 6.07) is 17.0. The average molecular weight is 364 g/mol. The highest BCUT2D eigenvalue weighted by Crippen LogP contribution is 2.39. The van der Waals surface area contributed by atoms with Crippen LogP contribution < -0.4 is 10.6 Å². The van der Waals surface area contributed by atoms with Gasteiger partial charge < -0.3 is 10.6 Å². The molecule has 140 valence electrons. The number of aryl methyl sites for hydroxylation is 1. The molecule has 2 amide bonds. The summed E-state index contributed by atoms with van der Waals surface area (Å²) in [7, 11) is 0. The summed E-state index contributed by atoms with van der Waals surface area (Å²) in [6.45, 7) is 2.10. The Morgan fingerprint density at radius 1 is 0.963 bits per heavy atom.